The predicted molar refractivity (Wildman–Crippen MR) is 112 cm³/mol. The van der Waals surface area contributed by atoms with Crippen LogP contribution in [-0.4, -0.2) is 22.5 Å². The van der Waals surface area contributed by atoms with Crippen LogP contribution in [0.4, 0.5) is 5.69 Å². The van der Waals surface area contributed by atoms with E-state index in [2.05, 4.69) is 5.32 Å². The molecule has 1 aliphatic heterocycles. The molecular weight excluding hydrogens is 368 g/mol. The van der Waals surface area contributed by atoms with Gasteiger partial charge >= 0.3 is 0 Å². The number of nitrogens with one attached hydrogen (secondary N) is 1. The van der Waals surface area contributed by atoms with E-state index in [-0.39, 0.29) is 5.91 Å². The second-order valence-electron chi connectivity index (χ2n) is 6.70. The number of aliphatic hydroxyl groups is 1. The fourth-order valence-electron chi connectivity index (χ4n) is 3.32. The van der Waals surface area contributed by atoms with Crippen molar-refractivity contribution >= 4 is 23.4 Å². The summed E-state index contributed by atoms with van der Waals surface area (Å²) in [4.78, 5) is 16.9. The molecule has 5 heteroatoms. The van der Waals surface area contributed by atoms with Gasteiger partial charge in [-0.1, -0.05) is 60.3 Å². The van der Waals surface area contributed by atoms with Gasteiger partial charge in [0.05, 0.1) is 5.69 Å². The average Bonchev–Trinajstić information content (AvgIpc) is 2.87. The van der Waals surface area contributed by atoms with Gasteiger partial charge in [-0.25, -0.2) is 0 Å². The molecule has 0 radical (unpaired) electrons. The lowest BCUT2D eigenvalue weighted by Gasteiger charge is -2.22. The first-order chi connectivity index (χ1) is 13.7. The van der Waals surface area contributed by atoms with Crippen molar-refractivity contribution in [1.82, 2.24) is 4.90 Å². The zero-order valence-corrected chi connectivity index (χ0v) is 16.4. The molecule has 1 heterocycles. The van der Waals surface area contributed by atoms with E-state index in [1.54, 1.807) is 11.8 Å². The summed E-state index contributed by atoms with van der Waals surface area (Å²) < 4.78 is 0. The van der Waals surface area contributed by atoms with Crippen molar-refractivity contribution < 1.29 is 9.90 Å². The van der Waals surface area contributed by atoms with Crippen molar-refractivity contribution in [3.05, 3.63) is 89.5 Å². The number of hydrogen-bond donors (Lipinski definition) is 2. The molecular formula is C23H22N2O2S. The highest BCUT2D eigenvalue weighted by atomic mass is 32.2. The minimum Gasteiger partial charge on any atom is -0.369 e. The van der Waals surface area contributed by atoms with Crippen LogP contribution in [0.25, 0.3) is 0 Å². The lowest BCUT2D eigenvalue weighted by Crippen LogP contribution is -2.30. The zero-order chi connectivity index (χ0) is 19.5. The molecule has 4 nitrogen and oxygen atoms in total. The van der Waals surface area contributed by atoms with Gasteiger partial charge in [-0.15, -0.1) is 0 Å². The quantitative estimate of drug-likeness (QED) is 0.664. The van der Waals surface area contributed by atoms with Gasteiger partial charge in [0.15, 0.2) is 6.23 Å². The molecule has 0 aromatic heterocycles. The molecule has 1 amide bonds. The van der Waals surface area contributed by atoms with Gasteiger partial charge in [0.1, 0.15) is 0 Å². The Morgan fingerprint density at radius 2 is 1.79 bits per heavy atom. The van der Waals surface area contributed by atoms with Crippen molar-refractivity contribution in [2.45, 2.75) is 29.5 Å². The summed E-state index contributed by atoms with van der Waals surface area (Å²) >= 11 is 1.60. The maximum atomic E-state index is 13.1. The number of carbonyl (C=O) groups is 1. The second kappa shape index (κ2) is 8.09. The van der Waals surface area contributed by atoms with Crippen molar-refractivity contribution in [3.8, 4) is 0 Å². The molecule has 0 fully saturated rings. The van der Waals surface area contributed by atoms with E-state index in [1.165, 1.54) is 0 Å². The summed E-state index contributed by atoms with van der Waals surface area (Å²) in [5, 5.41) is 13.7. The van der Waals surface area contributed by atoms with Crippen LogP contribution in [0.3, 0.4) is 0 Å². The SMILES string of the molecule is CCN(Cc1ccccc1)C(=O)c1ccc2c(c1)NC(O)c1ccccc1S2. The Kier molecular flexibility index (Phi) is 5.37. The van der Waals surface area contributed by atoms with Gasteiger partial charge in [0.25, 0.3) is 5.91 Å². The minimum absolute atomic E-state index is 0.0165. The standard InChI is InChI=1S/C23H22N2O2S/c1-2-25(15-16-8-4-3-5-9-16)23(27)17-12-13-21-19(14-17)24-22(26)18-10-6-7-11-20(18)28-21/h3-14,22,24,26H,2,15H2,1H3. The molecule has 0 saturated heterocycles. The van der Waals surface area contributed by atoms with Gasteiger partial charge < -0.3 is 15.3 Å². The molecule has 2 N–H and O–H groups in total. The van der Waals surface area contributed by atoms with Crippen molar-refractivity contribution in [1.29, 1.82) is 0 Å². The summed E-state index contributed by atoms with van der Waals surface area (Å²) in [6, 6.07) is 23.4. The highest BCUT2D eigenvalue weighted by Crippen LogP contribution is 2.41. The minimum atomic E-state index is -0.804. The summed E-state index contributed by atoms with van der Waals surface area (Å²) in [6.45, 7) is 3.18. The van der Waals surface area contributed by atoms with E-state index < -0.39 is 6.23 Å². The molecule has 3 aromatic carbocycles. The van der Waals surface area contributed by atoms with Gasteiger partial charge in [0.2, 0.25) is 0 Å². The smallest absolute Gasteiger partial charge is 0.254 e. The van der Waals surface area contributed by atoms with E-state index in [4.69, 9.17) is 0 Å². The first-order valence-corrected chi connectivity index (χ1v) is 10.2. The Morgan fingerprint density at radius 3 is 2.57 bits per heavy atom. The first-order valence-electron chi connectivity index (χ1n) is 9.34. The molecule has 3 aromatic rings. The molecule has 1 aliphatic rings. The summed E-state index contributed by atoms with van der Waals surface area (Å²) in [7, 11) is 0. The third kappa shape index (κ3) is 3.77. The van der Waals surface area contributed by atoms with Crippen LogP contribution in [0.2, 0.25) is 0 Å². The molecule has 4 rings (SSSR count). The number of rotatable bonds is 4. The number of amides is 1. The third-order valence-corrected chi connectivity index (χ3v) is 6.01. The maximum Gasteiger partial charge on any atom is 0.254 e. The van der Waals surface area contributed by atoms with Crippen LogP contribution >= 0.6 is 11.8 Å². The monoisotopic (exact) mass is 390 g/mol. The topological polar surface area (TPSA) is 52.6 Å². The zero-order valence-electron chi connectivity index (χ0n) is 15.6. The average molecular weight is 391 g/mol. The number of carbonyl (C=O) groups excluding carboxylic acids is 1. The van der Waals surface area contributed by atoms with Crippen LogP contribution in [0.5, 0.6) is 0 Å². The van der Waals surface area contributed by atoms with Crippen LogP contribution in [-0.2, 0) is 6.54 Å². The predicted octanol–water partition coefficient (Wildman–Crippen LogP) is 4.92. The lowest BCUT2D eigenvalue weighted by atomic mass is 10.1. The van der Waals surface area contributed by atoms with Gasteiger partial charge in [-0.05, 0) is 36.8 Å². The number of benzene rings is 3. The van der Waals surface area contributed by atoms with Crippen LogP contribution in [0.1, 0.15) is 34.6 Å². The molecule has 0 bridgehead atoms. The second-order valence-corrected chi connectivity index (χ2v) is 7.79. The van der Waals surface area contributed by atoms with Gasteiger partial charge in [-0.3, -0.25) is 4.79 Å². The summed E-state index contributed by atoms with van der Waals surface area (Å²) in [5.74, 6) is -0.0165. The fourth-order valence-corrected chi connectivity index (χ4v) is 4.37. The number of aliphatic hydroxyl groups excluding tert-OH is 1. The molecule has 0 spiro atoms. The molecule has 142 valence electrons. The third-order valence-electron chi connectivity index (χ3n) is 4.84. The largest absolute Gasteiger partial charge is 0.369 e. The van der Waals surface area contributed by atoms with E-state index >= 15 is 0 Å². The van der Waals surface area contributed by atoms with Gasteiger partial charge in [-0.2, -0.15) is 0 Å². The molecule has 1 atom stereocenters. The van der Waals surface area contributed by atoms with Crippen molar-refractivity contribution in [2.24, 2.45) is 0 Å². The van der Waals surface area contributed by atoms with E-state index in [1.807, 2.05) is 84.6 Å². The Bertz CT molecular complexity index is 991. The highest BCUT2D eigenvalue weighted by Gasteiger charge is 2.22. The van der Waals surface area contributed by atoms with Gasteiger partial charge in [0, 0.05) is 34.0 Å². The van der Waals surface area contributed by atoms with Crippen LogP contribution in [0, 0.1) is 0 Å². The summed E-state index contributed by atoms with van der Waals surface area (Å²) in [5.41, 5.74) is 3.33. The van der Waals surface area contributed by atoms with E-state index in [0.717, 1.165) is 26.6 Å². The maximum absolute atomic E-state index is 13.1. The highest BCUT2D eigenvalue weighted by molar-refractivity contribution is 7.99. The van der Waals surface area contributed by atoms with Crippen molar-refractivity contribution in [2.75, 3.05) is 11.9 Å². The van der Waals surface area contributed by atoms with Crippen LogP contribution < -0.4 is 5.32 Å². The van der Waals surface area contributed by atoms with E-state index in [9.17, 15) is 9.90 Å². The molecule has 0 saturated carbocycles. The normalized spacial score (nSPS) is 15.0. The molecule has 0 aliphatic carbocycles. The number of fused-ring (bicyclic) bond motifs is 2. The lowest BCUT2D eigenvalue weighted by molar-refractivity contribution is 0.0752. The number of nitrogens with zero attached hydrogens (tertiary/aromatic N) is 1. The number of anilines is 1. The molecule has 1 unspecified atom stereocenters. The Labute approximate surface area is 169 Å². The number of hydrogen-bond acceptors (Lipinski definition) is 4. The summed E-state index contributed by atoms with van der Waals surface area (Å²) in [6.07, 6.45) is -0.804. The van der Waals surface area contributed by atoms with Crippen molar-refractivity contribution in [3.63, 3.8) is 0 Å². The Morgan fingerprint density at radius 1 is 1.04 bits per heavy atom. The first kappa shape index (κ1) is 18.6. The Balaban J connectivity index is 1.60. The van der Waals surface area contributed by atoms with E-state index in [0.29, 0.717) is 18.7 Å². The Hall–Kier alpha value is -2.76. The molecule has 28 heavy (non-hydrogen) atoms. The van der Waals surface area contributed by atoms with Crippen LogP contribution in [0.15, 0.2) is 82.6 Å². The fraction of sp³-hybridized carbons (Fsp3) is 0.174.